The van der Waals surface area contributed by atoms with E-state index in [1.165, 1.54) is 16.8 Å². The van der Waals surface area contributed by atoms with Crippen LogP contribution < -0.4 is 15.5 Å². The molecule has 32 heavy (non-hydrogen) atoms. The molecule has 174 valence electrons. The van der Waals surface area contributed by atoms with Gasteiger partial charge in [0.15, 0.2) is 5.96 Å². The Morgan fingerprint density at radius 2 is 1.78 bits per heavy atom. The quantitative estimate of drug-likeness (QED) is 0.329. The van der Waals surface area contributed by atoms with Gasteiger partial charge in [-0.3, -0.25) is 9.89 Å². The van der Waals surface area contributed by atoms with Crippen LogP contribution in [-0.2, 0) is 17.8 Å². The second kappa shape index (κ2) is 12.4. The Morgan fingerprint density at radius 3 is 2.53 bits per heavy atom. The van der Waals surface area contributed by atoms with E-state index < -0.39 is 0 Å². The zero-order valence-corrected chi connectivity index (χ0v) is 21.5. The molecule has 2 heterocycles. The topological polar surface area (TPSA) is 52.1 Å². The second-order valence-electron chi connectivity index (χ2n) is 8.49. The molecule has 0 aliphatic carbocycles. The summed E-state index contributed by atoms with van der Waals surface area (Å²) in [5.41, 5.74) is 3.95. The van der Waals surface area contributed by atoms with Crippen LogP contribution in [-0.4, -0.2) is 62.8 Å². The Kier molecular flexibility index (Phi) is 9.62. The number of aliphatic imine (C=N–C) groups is 1. The number of ether oxygens (including phenoxy) is 1. The maximum absolute atomic E-state index is 5.52. The fourth-order valence-corrected chi connectivity index (χ4v) is 4.58. The lowest BCUT2D eigenvalue weighted by molar-refractivity contribution is 0.122. The zero-order chi connectivity index (χ0) is 21.5. The highest BCUT2D eigenvalue weighted by Crippen LogP contribution is 2.22. The molecule has 2 N–H and O–H groups in total. The van der Waals surface area contributed by atoms with Crippen molar-refractivity contribution in [3.05, 3.63) is 65.7 Å². The molecule has 0 bridgehead atoms. The largest absolute Gasteiger partial charge is 0.378 e. The van der Waals surface area contributed by atoms with Crippen molar-refractivity contribution in [2.75, 3.05) is 44.8 Å². The molecule has 4 rings (SSSR count). The van der Waals surface area contributed by atoms with Crippen molar-refractivity contribution in [3.63, 3.8) is 0 Å². The standard InChI is InChI=1S/C25H35N5O.HI/c1-20-16-23(19-30(20)18-21-8-4-3-5-9-21)28-25(26-2)27-17-22-10-6-7-11-24(22)29-12-14-31-15-13-29;/h3-11,20,23H,12-19H2,1-2H3,(H2,26,27,28);1H. The summed E-state index contributed by atoms with van der Waals surface area (Å²) in [4.78, 5) is 9.45. The monoisotopic (exact) mass is 549 g/mol. The van der Waals surface area contributed by atoms with E-state index in [1.807, 2.05) is 7.05 Å². The summed E-state index contributed by atoms with van der Waals surface area (Å²) < 4.78 is 5.52. The third kappa shape index (κ3) is 6.59. The van der Waals surface area contributed by atoms with Gasteiger partial charge in [0, 0.05) is 57.5 Å². The molecular formula is C25H36IN5O. The van der Waals surface area contributed by atoms with Crippen molar-refractivity contribution >= 4 is 35.6 Å². The van der Waals surface area contributed by atoms with E-state index in [1.54, 1.807) is 0 Å². The highest BCUT2D eigenvalue weighted by atomic mass is 127. The van der Waals surface area contributed by atoms with E-state index in [4.69, 9.17) is 4.74 Å². The Balaban J connectivity index is 0.00000289. The van der Waals surface area contributed by atoms with Crippen LogP contribution in [0.5, 0.6) is 0 Å². The number of guanidine groups is 1. The predicted molar refractivity (Wildman–Crippen MR) is 143 cm³/mol. The van der Waals surface area contributed by atoms with Gasteiger partial charge in [-0.2, -0.15) is 0 Å². The maximum atomic E-state index is 5.52. The van der Waals surface area contributed by atoms with E-state index in [-0.39, 0.29) is 24.0 Å². The summed E-state index contributed by atoms with van der Waals surface area (Å²) in [6.45, 7) is 8.58. The normalized spacial score (nSPS) is 21.8. The molecule has 6 nitrogen and oxygen atoms in total. The van der Waals surface area contributed by atoms with Gasteiger partial charge in [-0.25, -0.2) is 0 Å². The van der Waals surface area contributed by atoms with E-state index >= 15 is 0 Å². The minimum Gasteiger partial charge on any atom is -0.378 e. The average Bonchev–Trinajstić information content (AvgIpc) is 3.16. The van der Waals surface area contributed by atoms with Crippen LogP contribution in [0.4, 0.5) is 5.69 Å². The molecule has 2 fully saturated rings. The van der Waals surface area contributed by atoms with Gasteiger partial charge in [0.2, 0.25) is 0 Å². The van der Waals surface area contributed by atoms with Crippen LogP contribution in [0.15, 0.2) is 59.6 Å². The summed E-state index contributed by atoms with van der Waals surface area (Å²) in [6, 6.07) is 20.3. The van der Waals surface area contributed by atoms with Gasteiger partial charge in [-0.05, 0) is 30.5 Å². The molecule has 2 saturated heterocycles. The average molecular weight is 550 g/mol. The molecule has 2 aliphatic rings. The lowest BCUT2D eigenvalue weighted by Gasteiger charge is -2.30. The predicted octanol–water partition coefficient (Wildman–Crippen LogP) is 3.47. The van der Waals surface area contributed by atoms with E-state index in [0.29, 0.717) is 12.1 Å². The highest BCUT2D eigenvalue weighted by molar-refractivity contribution is 14.0. The number of hydrogen-bond donors (Lipinski definition) is 2. The summed E-state index contributed by atoms with van der Waals surface area (Å²) in [5, 5.41) is 7.18. The molecular weight excluding hydrogens is 513 g/mol. The first kappa shape index (κ1) is 24.8. The smallest absolute Gasteiger partial charge is 0.191 e. The van der Waals surface area contributed by atoms with Crippen molar-refractivity contribution in [2.45, 2.75) is 38.5 Å². The number of rotatable bonds is 6. The van der Waals surface area contributed by atoms with Crippen LogP contribution in [0.2, 0.25) is 0 Å². The molecule has 2 aromatic carbocycles. The first-order valence-corrected chi connectivity index (χ1v) is 11.4. The van der Waals surface area contributed by atoms with Crippen LogP contribution >= 0.6 is 24.0 Å². The summed E-state index contributed by atoms with van der Waals surface area (Å²) in [7, 11) is 1.85. The molecule has 0 radical (unpaired) electrons. The Labute approximate surface area is 209 Å². The first-order chi connectivity index (χ1) is 15.2. The van der Waals surface area contributed by atoms with Gasteiger partial charge >= 0.3 is 0 Å². The lowest BCUT2D eigenvalue weighted by atomic mass is 10.1. The lowest BCUT2D eigenvalue weighted by Crippen LogP contribution is -2.44. The number of morpholine rings is 1. The Bertz CT molecular complexity index is 856. The number of nitrogens with one attached hydrogen (secondary N) is 2. The second-order valence-corrected chi connectivity index (χ2v) is 8.49. The van der Waals surface area contributed by atoms with Crippen LogP contribution in [0.1, 0.15) is 24.5 Å². The number of para-hydroxylation sites is 1. The zero-order valence-electron chi connectivity index (χ0n) is 19.2. The maximum Gasteiger partial charge on any atom is 0.191 e. The molecule has 0 aromatic heterocycles. The number of halogens is 1. The number of benzene rings is 2. The SMILES string of the molecule is CN=C(NCc1ccccc1N1CCOCC1)NC1CC(C)N(Cc2ccccc2)C1.I. The first-order valence-electron chi connectivity index (χ1n) is 11.4. The van der Waals surface area contributed by atoms with Crippen molar-refractivity contribution < 1.29 is 4.74 Å². The van der Waals surface area contributed by atoms with Gasteiger partial charge in [0.25, 0.3) is 0 Å². The summed E-state index contributed by atoms with van der Waals surface area (Å²) >= 11 is 0. The molecule has 2 unspecified atom stereocenters. The molecule has 2 aromatic rings. The van der Waals surface area contributed by atoms with Gasteiger partial charge < -0.3 is 20.3 Å². The Morgan fingerprint density at radius 1 is 1.06 bits per heavy atom. The van der Waals surface area contributed by atoms with Crippen molar-refractivity contribution in [1.29, 1.82) is 0 Å². The molecule has 0 saturated carbocycles. The minimum absolute atomic E-state index is 0. The fourth-order valence-electron chi connectivity index (χ4n) is 4.58. The summed E-state index contributed by atoms with van der Waals surface area (Å²) in [5.74, 6) is 0.871. The number of anilines is 1. The van der Waals surface area contributed by atoms with Crippen LogP contribution in [0.25, 0.3) is 0 Å². The van der Waals surface area contributed by atoms with Gasteiger partial charge in [0.1, 0.15) is 0 Å². The molecule has 0 amide bonds. The number of hydrogen-bond acceptors (Lipinski definition) is 4. The minimum atomic E-state index is 0. The number of likely N-dealkylation sites (tertiary alicyclic amines) is 1. The third-order valence-corrected chi connectivity index (χ3v) is 6.29. The van der Waals surface area contributed by atoms with E-state index in [2.05, 4.69) is 86.9 Å². The van der Waals surface area contributed by atoms with E-state index in [0.717, 1.165) is 58.3 Å². The molecule has 2 aliphatic heterocycles. The highest BCUT2D eigenvalue weighted by Gasteiger charge is 2.29. The van der Waals surface area contributed by atoms with Crippen molar-refractivity contribution in [2.24, 2.45) is 4.99 Å². The van der Waals surface area contributed by atoms with Crippen molar-refractivity contribution in [1.82, 2.24) is 15.5 Å². The van der Waals surface area contributed by atoms with Crippen LogP contribution in [0.3, 0.4) is 0 Å². The number of nitrogens with zero attached hydrogens (tertiary/aromatic N) is 3. The van der Waals surface area contributed by atoms with E-state index in [9.17, 15) is 0 Å². The van der Waals surface area contributed by atoms with Gasteiger partial charge in [-0.1, -0.05) is 48.5 Å². The van der Waals surface area contributed by atoms with Gasteiger partial charge in [-0.15, -0.1) is 24.0 Å². The van der Waals surface area contributed by atoms with Crippen molar-refractivity contribution in [3.8, 4) is 0 Å². The fraction of sp³-hybridized carbons (Fsp3) is 0.480. The summed E-state index contributed by atoms with van der Waals surface area (Å²) in [6.07, 6.45) is 1.12. The molecule has 7 heteroatoms. The van der Waals surface area contributed by atoms with Gasteiger partial charge in [0.05, 0.1) is 13.2 Å². The molecule has 0 spiro atoms. The Hall–Kier alpha value is -1.84. The third-order valence-electron chi connectivity index (χ3n) is 6.29. The van der Waals surface area contributed by atoms with Crippen LogP contribution in [0, 0.1) is 0 Å². The molecule has 2 atom stereocenters.